The van der Waals surface area contributed by atoms with E-state index in [0.717, 1.165) is 34.1 Å². The van der Waals surface area contributed by atoms with Crippen LogP contribution in [0.4, 0.5) is 5.82 Å². The van der Waals surface area contributed by atoms with Gasteiger partial charge in [0.05, 0.1) is 22.4 Å². The molecule has 3 rings (SSSR count). The molecule has 0 fully saturated rings. The number of aromatic nitrogens is 3. The van der Waals surface area contributed by atoms with Gasteiger partial charge in [-0.3, -0.25) is 9.48 Å². The van der Waals surface area contributed by atoms with E-state index in [1.807, 2.05) is 27.8 Å². The number of hydrogen-bond donors (Lipinski definition) is 1. The molecule has 2 aromatic rings. The van der Waals surface area contributed by atoms with Gasteiger partial charge < -0.3 is 9.84 Å². The Labute approximate surface area is 120 Å². The number of carbonyl (C=O) groups is 1. The zero-order chi connectivity index (χ0) is 14.4. The number of carbonyl (C=O) groups excluding carboxylic acids is 1. The Kier molecular flexibility index (Phi) is 3.08. The molecule has 20 heavy (non-hydrogen) atoms. The number of rotatable bonds is 1. The highest BCUT2D eigenvalue weighted by Crippen LogP contribution is 2.44. The summed E-state index contributed by atoms with van der Waals surface area (Å²) < 4.78 is 7.00. The van der Waals surface area contributed by atoms with Crippen LogP contribution in [-0.4, -0.2) is 26.6 Å². The molecule has 1 N–H and O–H groups in total. The van der Waals surface area contributed by atoms with Crippen LogP contribution < -0.4 is 5.32 Å². The number of thioether (sulfide) groups is 1. The normalized spacial score (nSPS) is 18.6. The van der Waals surface area contributed by atoms with Crippen molar-refractivity contribution in [2.75, 3.05) is 11.1 Å². The summed E-state index contributed by atoms with van der Waals surface area (Å²) in [7, 11) is 1.84. The van der Waals surface area contributed by atoms with Crippen molar-refractivity contribution in [3.63, 3.8) is 0 Å². The van der Waals surface area contributed by atoms with E-state index in [2.05, 4.69) is 15.6 Å². The Bertz CT molecular complexity index is 669. The molecule has 6 nitrogen and oxygen atoms in total. The van der Waals surface area contributed by atoms with Crippen LogP contribution >= 0.6 is 11.8 Å². The molecule has 1 atom stereocenters. The van der Waals surface area contributed by atoms with Crippen LogP contribution in [0.3, 0.4) is 0 Å². The van der Waals surface area contributed by atoms with Crippen molar-refractivity contribution < 1.29 is 9.32 Å². The lowest BCUT2D eigenvalue weighted by Crippen LogP contribution is -2.15. The third kappa shape index (κ3) is 1.93. The van der Waals surface area contributed by atoms with Gasteiger partial charge in [-0.15, -0.1) is 11.8 Å². The Morgan fingerprint density at radius 2 is 2.05 bits per heavy atom. The van der Waals surface area contributed by atoms with Crippen molar-refractivity contribution in [3.05, 3.63) is 28.3 Å². The standard InChI is InChI=1S/C13H16N4O2S/c1-6-11-12(10-7(2)16-19-8(10)3)20-5-9(18)14-13(11)17(4)15-6/h12H,5H2,1-4H3,(H,14,18). The first kappa shape index (κ1) is 13.2. The van der Waals surface area contributed by atoms with E-state index in [9.17, 15) is 4.79 Å². The van der Waals surface area contributed by atoms with E-state index < -0.39 is 0 Å². The zero-order valence-corrected chi connectivity index (χ0v) is 12.7. The fourth-order valence-corrected chi connectivity index (χ4v) is 3.98. The molecule has 1 aliphatic heterocycles. The molecule has 2 aromatic heterocycles. The highest BCUT2D eigenvalue weighted by molar-refractivity contribution is 8.00. The van der Waals surface area contributed by atoms with Crippen LogP contribution in [-0.2, 0) is 11.8 Å². The highest BCUT2D eigenvalue weighted by atomic mass is 32.2. The Morgan fingerprint density at radius 3 is 2.70 bits per heavy atom. The maximum absolute atomic E-state index is 11.9. The molecule has 0 spiro atoms. The second-order valence-corrected chi connectivity index (χ2v) is 6.04. The van der Waals surface area contributed by atoms with Gasteiger partial charge in [-0.05, 0) is 20.8 Å². The summed E-state index contributed by atoms with van der Waals surface area (Å²) in [5.41, 5.74) is 3.87. The van der Waals surface area contributed by atoms with Gasteiger partial charge >= 0.3 is 0 Å². The predicted octanol–water partition coefficient (Wildman–Crippen LogP) is 2.11. The van der Waals surface area contributed by atoms with Crippen molar-refractivity contribution in [1.82, 2.24) is 14.9 Å². The lowest BCUT2D eigenvalue weighted by atomic mass is 10.0. The number of nitrogens with one attached hydrogen (secondary N) is 1. The molecule has 0 saturated carbocycles. The van der Waals surface area contributed by atoms with Crippen molar-refractivity contribution >= 4 is 23.5 Å². The van der Waals surface area contributed by atoms with E-state index in [1.54, 1.807) is 16.4 Å². The molecule has 0 radical (unpaired) electrons. The van der Waals surface area contributed by atoms with Crippen LogP contribution in [0, 0.1) is 20.8 Å². The summed E-state index contributed by atoms with van der Waals surface area (Å²) in [4.78, 5) is 11.9. The van der Waals surface area contributed by atoms with E-state index in [1.165, 1.54) is 0 Å². The van der Waals surface area contributed by atoms with Crippen LogP contribution in [0.1, 0.15) is 33.5 Å². The van der Waals surface area contributed by atoms with Gasteiger partial charge in [-0.25, -0.2) is 0 Å². The first-order valence-electron chi connectivity index (χ1n) is 6.36. The Balaban J connectivity index is 2.21. The van der Waals surface area contributed by atoms with Crippen molar-refractivity contribution in [1.29, 1.82) is 0 Å². The van der Waals surface area contributed by atoms with Crippen LogP contribution in [0.5, 0.6) is 0 Å². The van der Waals surface area contributed by atoms with E-state index in [4.69, 9.17) is 4.52 Å². The highest BCUT2D eigenvalue weighted by Gasteiger charge is 2.32. The Hall–Kier alpha value is -1.76. The first-order chi connectivity index (χ1) is 9.49. The second-order valence-electron chi connectivity index (χ2n) is 4.95. The number of hydrogen-bond acceptors (Lipinski definition) is 5. The van der Waals surface area contributed by atoms with Gasteiger partial charge in [0, 0.05) is 18.2 Å². The number of fused-ring (bicyclic) bond motifs is 1. The minimum absolute atomic E-state index is 0.00601. The van der Waals surface area contributed by atoms with Gasteiger partial charge in [-0.1, -0.05) is 5.16 Å². The van der Waals surface area contributed by atoms with Gasteiger partial charge in [-0.2, -0.15) is 5.10 Å². The quantitative estimate of drug-likeness (QED) is 0.871. The minimum atomic E-state index is -0.00601. The summed E-state index contributed by atoms with van der Waals surface area (Å²) >= 11 is 1.58. The van der Waals surface area contributed by atoms with Gasteiger partial charge in [0.2, 0.25) is 5.91 Å². The number of amides is 1. The first-order valence-corrected chi connectivity index (χ1v) is 7.41. The molecular weight excluding hydrogens is 276 g/mol. The van der Waals surface area contributed by atoms with Gasteiger partial charge in [0.1, 0.15) is 11.6 Å². The molecule has 0 aliphatic carbocycles. The van der Waals surface area contributed by atoms with Gasteiger partial charge in [0.15, 0.2) is 0 Å². The van der Waals surface area contributed by atoms with Crippen LogP contribution in [0.15, 0.2) is 4.52 Å². The molecule has 7 heteroatoms. The van der Waals surface area contributed by atoms with Crippen molar-refractivity contribution in [2.45, 2.75) is 26.0 Å². The molecule has 1 aliphatic rings. The lowest BCUT2D eigenvalue weighted by Gasteiger charge is -2.14. The third-order valence-electron chi connectivity index (χ3n) is 3.52. The summed E-state index contributed by atoms with van der Waals surface area (Å²) in [5, 5.41) is 11.4. The molecule has 106 valence electrons. The number of anilines is 1. The average molecular weight is 292 g/mol. The number of aryl methyl sites for hydroxylation is 4. The predicted molar refractivity (Wildman–Crippen MR) is 76.9 cm³/mol. The zero-order valence-electron chi connectivity index (χ0n) is 11.9. The van der Waals surface area contributed by atoms with Crippen LogP contribution in [0.25, 0.3) is 0 Å². The largest absolute Gasteiger partial charge is 0.361 e. The van der Waals surface area contributed by atoms with Crippen molar-refractivity contribution in [2.24, 2.45) is 7.05 Å². The Morgan fingerprint density at radius 1 is 1.30 bits per heavy atom. The maximum atomic E-state index is 11.9. The topological polar surface area (TPSA) is 73.0 Å². The molecule has 0 aromatic carbocycles. The fraction of sp³-hybridized carbons (Fsp3) is 0.462. The number of nitrogens with zero attached hydrogens (tertiary/aromatic N) is 3. The molecule has 1 unspecified atom stereocenters. The van der Waals surface area contributed by atoms with E-state index in [0.29, 0.717) is 5.75 Å². The summed E-state index contributed by atoms with van der Waals surface area (Å²) in [6, 6.07) is 0. The molecule has 0 saturated heterocycles. The van der Waals surface area contributed by atoms with Crippen molar-refractivity contribution in [3.8, 4) is 0 Å². The monoisotopic (exact) mass is 292 g/mol. The average Bonchev–Trinajstić information content (AvgIpc) is 2.77. The SMILES string of the molecule is Cc1noc(C)c1C1SCC(=O)Nc2c1c(C)nn2C. The fourth-order valence-electron chi connectivity index (χ4n) is 2.64. The molecule has 1 amide bonds. The molecular formula is C13H16N4O2S. The third-order valence-corrected chi connectivity index (χ3v) is 4.75. The van der Waals surface area contributed by atoms with Gasteiger partial charge in [0.25, 0.3) is 0 Å². The summed E-state index contributed by atoms with van der Waals surface area (Å²) in [6.45, 7) is 5.79. The molecule has 0 bridgehead atoms. The minimum Gasteiger partial charge on any atom is -0.361 e. The smallest absolute Gasteiger partial charge is 0.235 e. The van der Waals surface area contributed by atoms with Crippen LogP contribution in [0.2, 0.25) is 0 Å². The summed E-state index contributed by atoms with van der Waals surface area (Å²) in [6.07, 6.45) is 0. The van der Waals surface area contributed by atoms with E-state index >= 15 is 0 Å². The lowest BCUT2D eigenvalue weighted by molar-refractivity contribution is -0.113. The second kappa shape index (κ2) is 4.66. The molecule has 3 heterocycles. The van der Waals surface area contributed by atoms with E-state index in [-0.39, 0.29) is 11.2 Å². The maximum Gasteiger partial charge on any atom is 0.235 e. The summed E-state index contributed by atoms with van der Waals surface area (Å²) in [5.74, 6) is 1.96.